The van der Waals surface area contributed by atoms with E-state index in [0.717, 1.165) is 12.1 Å². The van der Waals surface area contributed by atoms with Crippen molar-refractivity contribution >= 4 is 11.8 Å². The molecule has 2 aromatic rings. The predicted octanol–water partition coefficient (Wildman–Crippen LogP) is 0.910. The molecule has 0 saturated carbocycles. The number of amides is 2. The van der Waals surface area contributed by atoms with Crippen LogP contribution in [0.15, 0.2) is 30.5 Å². The number of aromatic nitrogens is 3. The second kappa shape index (κ2) is 7.43. The van der Waals surface area contributed by atoms with Gasteiger partial charge in [0.2, 0.25) is 5.91 Å². The molecule has 0 unspecified atom stereocenters. The lowest BCUT2D eigenvalue weighted by Gasteiger charge is -2.41. The normalized spacial score (nSPS) is 21.3. The summed E-state index contributed by atoms with van der Waals surface area (Å²) in [6, 6.07) is 5.40. The van der Waals surface area contributed by atoms with Gasteiger partial charge >= 0.3 is 0 Å². The van der Waals surface area contributed by atoms with E-state index in [1.165, 1.54) is 24.3 Å². The first kappa shape index (κ1) is 17.6. The maximum Gasteiger partial charge on any atom is 0.251 e. The van der Waals surface area contributed by atoms with E-state index in [1.54, 1.807) is 11.1 Å². The van der Waals surface area contributed by atoms with E-state index in [0.29, 0.717) is 25.3 Å². The molecule has 3 heterocycles. The van der Waals surface area contributed by atoms with Gasteiger partial charge in [-0.2, -0.15) is 0 Å². The van der Waals surface area contributed by atoms with Gasteiger partial charge in [-0.1, -0.05) is 5.21 Å². The molecule has 142 valence electrons. The van der Waals surface area contributed by atoms with Gasteiger partial charge in [0.05, 0.1) is 30.6 Å². The van der Waals surface area contributed by atoms with Crippen LogP contribution < -0.4 is 5.32 Å². The van der Waals surface area contributed by atoms with E-state index in [4.69, 9.17) is 4.74 Å². The third-order valence-electron chi connectivity index (χ3n) is 5.02. The zero-order chi connectivity index (χ0) is 18.8. The van der Waals surface area contributed by atoms with Crippen LogP contribution in [0.3, 0.4) is 0 Å². The summed E-state index contributed by atoms with van der Waals surface area (Å²) in [6.07, 6.45) is 2.58. The number of nitrogens with one attached hydrogen (secondary N) is 1. The smallest absolute Gasteiger partial charge is 0.251 e. The Balaban J connectivity index is 1.26. The number of hydrogen-bond donors (Lipinski definition) is 1. The third kappa shape index (κ3) is 3.68. The average molecular weight is 373 g/mol. The number of halogens is 1. The molecule has 2 atom stereocenters. The molecule has 0 bridgehead atoms. The summed E-state index contributed by atoms with van der Waals surface area (Å²) in [5, 5.41) is 10.7. The van der Waals surface area contributed by atoms with Crippen molar-refractivity contribution in [3.8, 4) is 0 Å². The lowest BCUT2D eigenvalue weighted by Crippen LogP contribution is -2.50. The minimum atomic E-state index is -0.395. The molecule has 2 amide bonds. The summed E-state index contributed by atoms with van der Waals surface area (Å²) >= 11 is 0. The predicted molar refractivity (Wildman–Crippen MR) is 92.2 cm³/mol. The quantitative estimate of drug-likeness (QED) is 0.861. The zero-order valence-electron chi connectivity index (χ0n) is 14.7. The minimum Gasteiger partial charge on any atom is -0.368 e. The molecule has 1 N–H and O–H groups in total. The maximum atomic E-state index is 12.9. The van der Waals surface area contributed by atoms with E-state index in [-0.39, 0.29) is 36.9 Å². The van der Waals surface area contributed by atoms with Crippen molar-refractivity contribution in [3.05, 3.63) is 47.5 Å². The topological polar surface area (TPSA) is 89.3 Å². The number of piperidine rings is 1. The first-order valence-corrected chi connectivity index (χ1v) is 8.94. The number of nitrogens with zero attached hydrogens (tertiary/aromatic N) is 4. The molecule has 2 aliphatic rings. The van der Waals surface area contributed by atoms with E-state index in [1.807, 2.05) is 4.68 Å². The Hall–Kier alpha value is -2.81. The Morgan fingerprint density at radius 3 is 2.93 bits per heavy atom. The molecule has 1 saturated heterocycles. The van der Waals surface area contributed by atoms with Gasteiger partial charge in [-0.05, 0) is 30.7 Å². The molecule has 1 aromatic heterocycles. The highest BCUT2D eigenvalue weighted by atomic mass is 19.1. The van der Waals surface area contributed by atoms with Crippen molar-refractivity contribution in [2.45, 2.75) is 31.6 Å². The Morgan fingerprint density at radius 2 is 2.11 bits per heavy atom. The van der Waals surface area contributed by atoms with Crippen LogP contribution in [0.4, 0.5) is 4.39 Å². The van der Waals surface area contributed by atoms with Crippen LogP contribution >= 0.6 is 0 Å². The second-order valence-corrected chi connectivity index (χ2v) is 6.73. The van der Waals surface area contributed by atoms with Crippen molar-refractivity contribution in [3.63, 3.8) is 0 Å². The Labute approximate surface area is 155 Å². The zero-order valence-corrected chi connectivity index (χ0v) is 14.7. The van der Waals surface area contributed by atoms with E-state index in [2.05, 4.69) is 15.6 Å². The number of fused-ring (bicyclic) bond motifs is 3. The number of rotatable bonds is 4. The summed E-state index contributed by atoms with van der Waals surface area (Å²) in [5.41, 5.74) is 1.32. The van der Waals surface area contributed by atoms with Gasteiger partial charge in [0.1, 0.15) is 5.82 Å². The lowest BCUT2D eigenvalue weighted by atomic mass is 10.00. The van der Waals surface area contributed by atoms with Crippen molar-refractivity contribution < 1.29 is 18.7 Å². The second-order valence-electron chi connectivity index (χ2n) is 6.73. The minimum absolute atomic E-state index is 0.0270. The van der Waals surface area contributed by atoms with E-state index in [9.17, 15) is 14.0 Å². The third-order valence-corrected chi connectivity index (χ3v) is 5.02. The summed E-state index contributed by atoms with van der Waals surface area (Å²) in [5.74, 6) is -0.746. The molecular weight excluding hydrogens is 353 g/mol. The highest BCUT2D eigenvalue weighted by molar-refractivity contribution is 5.94. The van der Waals surface area contributed by atoms with Crippen molar-refractivity contribution in [2.24, 2.45) is 0 Å². The molecule has 1 aromatic carbocycles. The van der Waals surface area contributed by atoms with Crippen LogP contribution in [0.25, 0.3) is 0 Å². The Morgan fingerprint density at radius 1 is 1.30 bits per heavy atom. The number of carbonyl (C=O) groups excluding carboxylic acids is 2. The van der Waals surface area contributed by atoms with Gasteiger partial charge in [0.25, 0.3) is 5.91 Å². The Bertz CT molecular complexity index is 838. The highest BCUT2D eigenvalue weighted by Gasteiger charge is 2.37. The molecule has 4 rings (SSSR count). The maximum absolute atomic E-state index is 12.9. The van der Waals surface area contributed by atoms with Gasteiger partial charge in [0.15, 0.2) is 0 Å². The molecule has 1 fully saturated rings. The molecule has 8 nitrogen and oxygen atoms in total. The molecular formula is C18H20FN5O3. The van der Waals surface area contributed by atoms with E-state index < -0.39 is 5.82 Å². The molecule has 27 heavy (non-hydrogen) atoms. The highest BCUT2D eigenvalue weighted by Crippen LogP contribution is 2.30. The van der Waals surface area contributed by atoms with Crippen LogP contribution in [0, 0.1) is 5.82 Å². The summed E-state index contributed by atoms with van der Waals surface area (Å²) in [6.45, 7) is 1.81. The SMILES string of the molecule is O=C(NCCC(=O)N1CC[C@H]2[C@H](C1)OCc1cnnn12)c1ccc(F)cc1. The van der Waals surface area contributed by atoms with Crippen LogP contribution in [0.1, 0.15) is 34.9 Å². The summed E-state index contributed by atoms with van der Waals surface area (Å²) in [4.78, 5) is 26.2. The molecule has 0 aliphatic carbocycles. The molecule has 0 spiro atoms. The largest absolute Gasteiger partial charge is 0.368 e. The summed E-state index contributed by atoms with van der Waals surface area (Å²) in [7, 11) is 0. The van der Waals surface area contributed by atoms with Gasteiger partial charge in [-0.25, -0.2) is 9.07 Å². The average Bonchev–Trinajstić information content (AvgIpc) is 3.17. The van der Waals surface area contributed by atoms with Crippen LogP contribution in [0.5, 0.6) is 0 Å². The lowest BCUT2D eigenvalue weighted by molar-refractivity contribution is -0.139. The molecule has 0 radical (unpaired) electrons. The van der Waals surface area contributed by atoms with E-state index >= 15 is 0 Å². The number of likely N-dealkylation sites (tertiary alicyclic amines) is 1. The fourth-order valence-corrected chi connectivity index (χ4v) is 3.56. The van der Waals surface area contributed by atoms with Crippen LogP contribution in [-0.2, 0) is 16.1 Å². The van der Waals surface area contributed by atoms with Crippen LogP contribution in [-0.4, -0.2) is 57.4 Å². The molecule has 9 heteroatoms. The fourth-order valence-electron chi connectivity index (χ4n) is 3.56. The monoisotopic (exact) mass is 373 g/mol. The number of carbonyl (C=O) groups is 2. The standard InChI is InChI=1S/C18H20FN5O3/c19-13-3-1-12(2-4-13)18(26)20-7-5-17(25)23-8-6-15-16(10-23)27-11-14-9-21-22-24(14)15/h1-4,9,15-16H,5-8,10-11H2,(H,20,26)/t15-,16-/m0/s1. The first-order chi connectivity index (χ1) is 13.1. The van der Waals surface area contributed by atoms with Crippen molar-refractivity contribution in [1.29, 1.82) is 0 Å². The van der Waals surface area contributed by atoms with Gasteiger partial charge in [-0.15, -0.1) is 5.10 Å². The number of hydrogen-bond acceptors (Lipinski definition) is 5. The van der Waals surface area contributed by atoms with Crippen LogP contribution in [0.2, 0.25) is 0 Å². The fraction of sp³-hybridized carbons (Fsp3) is 0.444. The Kier molecular flexibility index (Phi) is 4.85. The number of benzene rings is 1. The summed E-state index contributed by atoms with van der Waals surface area (Å²) < 4.78 is 20.7. The molecule has 2 aliphatic heterocycles. The van der Waals surface area contributed by atoms with Crippen molar-refractivity contribution in [1.82, 2.24) is 25.2 Å². The number of ether oxygens (including phenoxy) is 1. The van der Waals surface area contributed by atoms with Gasteiger partial charge in [-0.3, -0.25) is 9.59 Å². The van der Waals surface area contributed by atoms with Gasteiger partial charge in [0, 0.05) is 31.6 Å². The first-order valence-electron chi connectivity index (χ1n) is 8.94. The van der Waals surface area contributed by atoms with Crippen molar-refractivity contribution in [2.75, 3.05) is 19.6 Å². The van der Waals surface area contributed by atoms with Gasteiger partial charge < -0.3 is 15.0 Å².